The number of nitrogen functional groups attached to an aromatic ring is 1. The van der Waals surface area contributed by atoms with Crippen LogP contribution in [0.1, 0.15) is 17.2 Å². The summed E-state index contributed by atoms with van der Waals surface area (Å²) in [6.07, 6.45) is -7.14. The summed E-state index contributed by atoms with van der Waals surface area (Å²) in [5, 5.41) is 18.8. The standard InChI is InChI=1S/C10H13F3N2O2/c11-10(12,13)6-2-1-5(3-7(6)15)9(17)8(16)4-14/h1-3,8-9,16-17H,4,14-15H2. The first-order valence-corrected chi connectivity index (χ1v) is 4.80. The number of halogens is 3. The van der Waals surface area contributed by atoms with Crippen molar-refractivity contribution in [2.45, 2.75) is 18.4 Å². The van der Waals surface area contributed by atoms with Crippen molar-refractivity contribution in [1.82, 2.24) is 0 Å². The maximum absolute atomic E-state index is 12.4. The first kappa shape index (κ1) is 13.8. The Morgan fingerprint density at radius 2 is 1.82 bits per heavy atom. The number of rotatable bonds is 3. The minimum Gasteiger partial charge on any atom is -0.398 e. The van der Waals surface area contributed by atoms with E-state index >= 15 is 0 Å². The van der Waals surface area contributed by atoms with Crippen LogP contribution in [0.4, 0.5) is 18.9 Å². The molecular formula is C10H13F3N2O2. The molecular weight excluding hydrogens is 237 g/mol. The topological polar surface area (TPSA) is 92.5 Å². The molecule has 0 saturated heterocycles. The molecule has 0 radical (unpaired) electrons. The second-order valence-corrected chi connectivity index (χ2v) is 3.59. The van der Waals surface area contributed by atoms with Crippen LogP contribution in [0.15, 0.2) is 18.2 Å². The Kier molecular flexibility index (Phi) is 3.97. The van der Waals surface area contributed by atoms with E-state index in [-0.39, 0.29) is 12.1 Å². The molecule has 0 aliphatic heterocycles. The lowest BCUT2D eigenvalue weighted by Crippen LogP contribution is -2.27. The van der Waals surface area contributed by atoms with Gasteiger partial charge in [0.1, 0.15) is 6.10 Å². The number of hydrogen-bond acceptors (Lipinski definition) is 4. The molecule has 1 aromatic carbocycles. The predicted molar refractivity (Wildman–Crippen MR) is 55.9 cm³/mol. The average molecular weight is 250 g/mol. The Labute approximate surface area is 95.7 Å². The minimum atomic E-state index is -4.54. The largest absolute Gasteiger partial charge is 0.418 e. The number of nitrogens with two attached hydrogens (primary N) is 2. The van der Waals surface area contributed by atoms with Gasteiger partial charge in [-0.05, 0) is 17.7 Å². The highest BCUT2D eigenvalue weighted by molar-refractivity contribution is 5.51. The molecule has 96 valence electrons. The zero-order valence-corrected chi connectivity index (χ0v) is 8.78. The van der Waals surface area contributed by atoms with Crippen LogP contribution in [0.2, 0.25) is 0 Å². The van der Waals surface area contributed by atoms with Crippen LogP contribution in [-0.4, -0.2) is 22.9 Å². The fourth-order valence-corrected chi connectivity index (χ4v) is 1.37. The van der Waals surface area contributed by atoms with Gasteiger partial charge in [0.25, 0.3) is 0 Å². The van der Waals surface area contributed by atoms with Crippen molar-refractivity contribution in [3.05, 3.63) is 29.3 Å². The van der Waals surface area contributed by atoms with E-state index in [1.54, 1.807) is 0 Å². The third-order valence-electron chi connectivity index (χ3n) is 2.33. The van der Waals surface area contributed by atoms with Gasteiger partial charge in [-0.15, -0.1) is 0 Å². The van der Waals surface area contributed by atoms with E-state index in [1.807, 2.05) is 0 Å². The van der Waals surface area contributed by atoms with Crippen molar-refractivity contribution in [2.75, 3.05) is 12.3 Å². The smallest absolute Gasteiger partial charge is 0.398 e. The highest BCUT2D eigenvalue weighted by Crippen LogP contribution is 2.34. The number of anilines is 1. The molecule has 1 aromatic rings. The third kappa shape index (κ3) is 3.09. The molecule has 0 aliphatic rings. The lowest BCUT2D eigenvalue weighted by Gasteiger charge is -2.18. The summed E-state index contributed by atoms with van der Waals surface area (Å²) in [5.41, 5.74) is 8.98. The van der Waals surface area contributed by atoms with Crippen LogP contribution in [0.3, 0.4) is 0 Å². The van der Waals surface area contributed by atoms with Crippen molar-refractivity contribution in [2.24, 2.45) is 5.73 Å². The zero-order valence-electron chi connectivity index (χ0n) is 8.78. The number of aliphatic hydroxyl groups excluding tert-OH is 2. The van der Waals surface area contributed by atoms with Crippen LogP contribution in [0.5, 0.6) is 0 Å². The maximum Gasteiger partial charge on any atom is 0.418 e. The average Bonchev–Trinajstić information content (AvgIpc) is 2.25. The van der Waals surface area contributed by atoms with Crippen LogP contribution in [0.25, 0.3) is 0 Å². The normalized spacial score (nSPS) is 15.6. The van der Waals surface area contributed by atoms with Crippen molar-refractivity contribution in [3.8, 4) is 0 Å². The van der Waals surface area contributed by atoms with E-state index in [4.69, 9.17) is 11.5 Å². The van der Waals surface area contributed by atoms with E-state index in [2.05, 4.69) is 0 Å². The molecule has 2 unspecified atom stereocenters. The highest BCUT2D eigenvalue weighted by Gasteiger charge is 2.33. The maximum atomic E-state index is 12.4. The Balaban J connectivity index is 3.05. The van der Waals surface area contributed by atoms with Gasteiger partial charge < -0.3 is 21.7 Å². The first-order chi connectivity index (χ1) is 7.77. The first-order valence-electron chi connectivity index (χ1n) is 4.80. The number of hydrogen-bond donors (Lipinski definition) is 4. The molecule has 6 N–H and O–H groups in total. The summed E-state index contributed by atoms with van der Waals surface area (Å²) < 4.78 is 37.2. The Hall–Kier alpha value is -1.31. The lowest BCUT2D eigenvalue weighted by molar-refractivity contribution is -0.136. The summed E-state index contributed by atoms with van der Waals surface area (Å²) in [6, 6.07) is 2.80. The van der Waals surface area contributed by atoms with Gasteiger partial charge in [-0.3, -0.25) is 0 Å². The summed E-state index contributed by atoms with van der Waals surface area (Å²) in [4.78, 5) is 0. The van der Waals surface area contributed by atoms with Gasteiger partial charge in [-0.25, -0.2) is 0 Å². The molecule has 2 atom stereocenters. The van der Waals surface area contributed by atoms with E-state index in [0.717, 1.165) is 18.2 Å². The van der Waals surface area contributed by atoms with Crippen LogP contribution >= 0.6 is 0 Å². The lowest BCUT2D eigenvalue weighted by atomic mass is 10.0. The van der Waals surface area contributed by atoms with Gasteiger partial charge in [0.15, 0.2) is 0 Å². The Bertz CT molecular complexity index is 396. The molecule has 0 aliphatic carbocycles. The van der Waals surface area contributed by atoms with Gasteiger partial charge in [0.2, 0.25) is 0 Å². The molecule has 0 bridgehead atoms. The van der Waals surface area contributed by atoms with E-state index < -0.39 is 29.6 Å². The van der Waals surface area contributed by atoms with Crippen molar-refractivity contribution in [1.29, 1.82) is 0 Å². The Morgan fingerprint density at radius 3 is 2.24 bits per heavy atom. The minimum absolute atomic E-state index is 0.0912. The number of benzene rings is 1. The monoisotopic (exact) mass is 250 g/mol. The highest BCUT2D eigenvalue weighted by atomic mass is 19.4. The van der Waals surface area contributed by atoms with Crippen molar-refractivity contribution < 1.29 is 23.4 Å². The number of alkyl halides is 3. The summed E-state index contributed by atoms with van der Waals surface area (Å²) in [7, 11) is 0. The summed E-state index contributed by atoms with van der Waals surface area (Å²) in [6.45, 7) is -0.206. The molecule has 4 nitrogen and oxygen atoms in total. The van der Waals surface area contributed by atoms with E-state index in [1.165, 1.54) is 0 Å². The second kappa shape index (κ2) is 4.91. The predicted octanol–water partition coefficient (Wildman–Crippen LogP) is 0.641. The fraction of sp³-hybridized carbons (Fsp3) is 0.400. The van der Waals surface area contributed by atoms with Gasteiger partial charge in [-0.2, -0.15) is 13.2 Å². The fourth-order valence-electron chi connectivity index (χ4n) is 1.37. The molecule has 0 aromatic heterocycles. The molecule has 0 spiro atoms. The molecule has 0 heterocycles. The molecule has 0 saturated carbocycles. The van der Waals surface area contributed by atoms with Crippen LogP contribution in [0, 0.1) is 0 Å². The van der Waals surface area contributed by atoms with Crippen LogP contribution < -0.4 is 11.5 Å². The third-order valence-corrected chi connectivity index (χ3v) is 2.33. The summed E-state index contributed by atoms with van der Waals surface area (Å²) in [5.74, 6) is 0. The SMILES string of the molecule is NCC(O)C(O)c1ccc(C(F)(F)F)c(N)c1. The van der Waals surface area contributed by atoms with Crippen molar-refractivity contribution in [3.63, 3.8) is 0 Å². The van der Waals surface area contributed by atoms with E-state index in [9.17, 15) is 23.4 Å². The molecule has 0 fully saturated rings. The number of aliphatic hydroxyl groups is 2. The van der Waals surface area contributed by atoms with Crippen molar-refractivity contribution >= 4 is 5.69 Å². The molecule has 0 amide bonds. The van der Waals surface area contributed by atoms with Gasteiger partial charge in [0.05, 0.1) is 11.7 Å². The molecule has 17 heavy (non-hydrogen) atoms. The summed E-state index contributed by atoms with van der Waals surface area (Å²) >= 11 is 0. The molecule has 1 rings (SSSR count). The quantitative estimate of drug-likeness (QED) is 0.592. The van der Waals surface area contributed by atoms with Gasteiger partial charge in [-0.1, -0.05) is 6.07 Å². The van der Waals surface area contributed by atoms with Gasteiger partial charge >= 0.3 is 6.18 Å². The van der Waals surface area contributed by atoms with E-state index in [0.29, 0.717) is 0 Å². The zero-order chi connectivity index (χ0) is 13.2. The Morgan fingerprint density at radius 1 is 1.24 bits per heavy atom. The van der Waals surface area contributed by atoms with Gasteiger partial charge in [0, 0.05) is 12.2 Å². The molecule has 7 heteroatoms. The second-order valence-electron chi connectivity index (χ2n) is 3.59. The van der Waals surface area contributed by atoms with Crippen LogP contribution in [-0.2, 0) is 6.18 Å².